The van der Waals surface area contributed by atoms with Gasteiger partial charge in [-0.05, 0) is 12.8 Å². The fraction of sp³-hybridized carbons (Fsp3) is 0.846. The summed E-state index contributed by atoms with van der Waals surface area (Å²) < 4.78 is 46.6. The average molecular weight is 340 g/mol. The second-order valence-electron chi connectivity index (χ2n) is 4.91. The van der Waals surface area contributed by atoms with Gasteiger partial charge in [0.25, 0.3) is 0 Å². The van der Waals surface area contributed by atoms with Gasteiger partial charge >= 0.3 is 0 Å². The van der Waals surface area contributed by atoms with Crippen LogP contribution in [0.4, 0.5) is 0 Å². The molecule has 0 aliphatic rings. The molecule has 0 saturated carbocycles. The second-order valence-corrected chi connectivity index (χ2v) is 9.62. The van der Waals surface area contributed by atoms with Gasteiger partial charge < -0.3 is 0 Å². The van der Waals surface area contributed by atoms with E-state index in [0.29, 0.717) is 12.8 Å². The smallest absolute Gasteiger partial charge is 0.231 e. The molecule has 124 valence electrons. The fourth-order valence-electron chi connectivity index (χ4n) is 1.76. The number of rotatable bonds is 11. The van der Waals surface area contributed by atoms with Gasteiger partial charge in [0.15, 0.2) is 19.7 Å². The predicted octanol–water partition coefficient (Wildman–Crippen LogP) is 1.29. The Morgan fingerprint density at radius 1 is 0.810 bits per heavy atom. The summed E-state index contributed by atoms with van der Waals surface area (Å²) in [5.74, 6) is -3.07. The number of Topliss-reactive ketones (excluding diaryl/α,β-unsaturated/α-hetero) is 2. The van der Waals surface area contributed by atoms with Gasteiger partial charge in [-0.25, -0.2) is 16.8 Å². The molecular weight excluding hydrogens is 316 g/mol. The molecule has 0 N–H and O–H groups in total. The van der Waals surface area contributed by atoms with Crippen molar-refractivity contribution in [1.82, 2.24) is 0 Å². The largest absolute Gasteiger partial charge is 0.291 e. The third-order valence-corrected chi connectivity index (χ3v) is 8.23. The Balaban J connectivity index is 5.69. The zero-order valence-electron chi connectivity index (χ0n) is 12.8. The Hall–Kier alpha value is -0.760. The Morgan fingerprint density at radius 2 is 1.19 bits per heavy atom. The van der Waals surface area contributed by atoms with Crippen LogP contribution >= 0.6 is 0 Å². The Bertz CT molecular complexity index is 521. The van der Waals surface area contributed by atoms with Crippen LogP contribution in [0.5, 0.6) is 0 Å². The summed E-state index contributed by atoms with van der Waals surface area (Å²) in [6.07, 6.45) is 1.42. The van der Waals surface area contributed by atoms with Crippen molar-refractivity contribution >= 4 is 31.2 Å². The van der Waals surface area contributed by atoms with Gasteiger partial charge in [-0.2, -0.15) is 0 Å². The maximum atomic E-state index is 12.2. The molecule has 0 spiro atoms. The lowest BCUT2D eigenvalue weighted by atomic mass is 10.2. The van der Waals surface area contributed by atoms with E-state index in [2.05, 4.69) is 0 Å². The van der Waals surface area contributed by atoms with Crippen molar-refractivity contribution in [2.45, 2.75) is 57.5 Å². The first-order chi connectivity index (χ1) is 9.64. The van der Waals surface area contributed by atoms with Gasteiger partial charge in [0.05, 0.1) is 11.5 Å². The first-order valence-electron chi connectivity index (χ1n) is 7.14. The molecule has 0 aromatic rings. The van der Waals surface area contributed by atoms with Gasteiger partial charge in [-0.3, -0.25) is 9.59 Å². The van der Waals surface area contributed by atoms with Gasteiger partial charge in [-0.15, -0.1) is 0 Å². The van der Waals surface area contributed by atoms with E-state index in [0.717, 1.165) is 0 Å². The molecule has 0 aliphatic carbocycles. The van der Waals surface area contributed by atoms with E-state index in [-0.39, 0.29) is 19.3 Å². The molecule has 6 nitrogen and oxygen atoms in total. The maximum absolute atomic E-state index is 12.2. The highest BCUT2D eigenvalue weighted by molar-refractivity contribution is 8.10. The lowest BCUT2D eigenvalue weighted by Crippen LogP contribution is -2.43. The number of unbranched alkanes of at least 4 members (excludes halogenated alkanes) is 2. The van der Waals surface area contributed by atoms with Crippen LogP contribution in [0.2, 0.25) is 0 Å². The van der Waals surface area contributed by atoms with Crippen LogP contribution in [0.25, 0.3) is 0 Å². The summed E-state index contributed by atoms with van der Waals surface area (Å²) >= 11 is 0. The van der Waals surface area contributed by atoms with Gasteiger partial charge in [-0.1, -0.05) is 33.6 Å². The molecule has 0 bridgehead atoms. The summed E-state index contributed by atoms with van der Waals surface area (Å²) in [5, 5.41) is 0. The summed E-state index contributed by atoms with van der Waals surface area (Å²) in [5.41, 5.74) is 0. The molecule has 0 aromatic heterocycles. The zero-order chi connectivity index (χ0) is 16.7. The molecule has 0 aromatic carbocycles. The molecule has 21 heavy (non-hydrogen) atoms. The minimum Gasteiger partial charge on any atom is -0.291 e. The molecule has 0 amide bonds. The van der Waals surface area contributed by atoms with Crippen LogP contribution < -0.4 is 0 Å². The van der Waals surface area contributed by atoms with E-state index >= 15 is 0 Å². The third kappa shape index (κ3) is 5.86. The minimum absolute atomic E-state index is 0.206. The SMILES string of the molecule is CCCCS(=O)(=O)C(C(=O)C(=O)CC)S(=O)(=O)CCCC. The van der Waals surface area contributed by atoms with E-state index in [4.69, 9.17) is 0 Å². The van der Waals surface area contributed by atoms with Crippen LogP contribution in [0.15, 0.2) is 0 Å². The van der Waals surface area contributed by atoms with Gasteiger partial charge in [0.1, 0.15) is 0 Å². The first kappa shape index (κ1) is 20.2. The molecule has 0 heterocycles. The first-order valence-corrected chi connectivity index (χ1v) is 10.6. The number of sulfone groups is 2. The van der Waals surface area contributed by atoms with E-state index in [9.17, 15) is 26.4 Å². The minimum atomic E-state index is -4.19. The Kier molecular flexibility index (Phi) is 8.31. The standard InChI is InChI=1S/C13H24O6S2/c1-4-7-9-20(16,17)13(12(15)11(14)6-3)21(18,19)10-8-5-2/h13H,4-10H2,1-3H3. The van der Waals surface area contributed by atoms with E-state index in [1.165, 1.54) is 6.92 Å². The van der Waals surface area contributed by atoms with E-state index in [1.54, 1.807) is 13.8 Å². The lowest BCUT2D eigenvalue weighted by Gasteiger charge is -2.16. The monoisotopic (exact) mass is 340 g/mol. The van der Waals surface area contributed by atoms with Crippen molar-refractivity contribution in [2.24, 2.45) is 0 Å². The molecule has 8 heteroatoms. The van der Waals surface area contributed by atoms with Crippen molar-refractivity contribution in [3.63, 3.8) is 0 Å². The highest BCUT2D eigenvalue weighted by atomic mass is 32.3. The van der Waals surface area contributed by atoms with E-state index in [1.807, 2.05) is 0 Å². The third-order valence-electron chi connectivity index (χ3n) is 3.03. The molecule has 0 saturated heterocycles. The molecule has 0 fully saturated rings. The average Bonchev–Trinajstić information content (AvgIpc) is 2.41. The molecule has 0 radical (unpaired) electrons. The number of carbonyl (C=O) groups is 2. The summed E-state index contributed by atoms with van der Waals surface area (Å²) in [6, 6.07) is 0. The quantitative estimate of drug-likeness (QED) is 0.525. The van der Waals surface area contributed by atoms with Crippen LogP contribution in [0, 0.1) is 0 Å². The molecule has 0 atom stereocenters. The van der Waals surface area contributed by atoms with Crippen molar-refractivity contribution in [2.75, 3.05) is 11.5 Å². The van der Waals surface area contributed by atoms with Gasteiger partial charge in [0, 0.05) is 6.42 Å². The van der Waals surface area contributed by atoms with E-state index < -0.39 is 47.3 Å². The molecule has 0 unspecified atom stereocenters. The van der Waals surface area contributed by atoms with Crippen molar-refractivity contribution in [3.05, 3.63) is 0 Å². The summed E-state index contributed by atoms with van der Waals surface area (Å²) in [4.78, 5) is 23.5. The Labute approximate surface area is 127 Å². The van der Waals surface area contributed by atoms with Crippen molar-refractivity contribution in [3.8, 4) is 0 Å². The second kappa shape index (κ2) is 8.63. The topological polar surface area (TPSA) is 102 Å². The maximum Gasteiger partial charge on any atom is 0.231 e. The highest BCUT2D eigenvalue weighted by Gasteiger charge is 2.44. The normalized spacial score (nSPS) is 12.6. The fourth-order valence-corrected chi connectivity index (χ4v) is 6.85. The van der Waals surface area contributed by atoms with Crippen LogP contribution in [-0.4, -0.2) is 44.5 Å². The predicted molar refractivity (Wildman–Crippen MR) is 81.5 cm³/mol. The highest BCUT2D eigenvalue weighted by Crippen LogP contribution is 2.17. The zero-order valence-corrected chi connectivity index (χ0v) is 14.4. The number of carbonyl (C=O) groups excluding carboxylic acids is 2. The number of hydrogen-bond acceptors (Lipinski definition) is 6. The van der Waals surface area contributed by atoms with Crippen LogP contribution in [-0.2, 0) is 29.3 Å². The number of hydrogen-bond donors (Lipinski definition) is 0. The van der Waals surface area contributed by atoms with Crippen molar-refractivity contribution in [1.29, 1.82) is 0 Å². The summed E-state index contributed by atoms with van der Waals surface area (Å²) in [6.45, 7) is 4.92. The number of ketones is 2. The van der Waals surface area contributed by atoms with Crippen LogP contribution in [0.3, 0.4) is 0 Å². The molecular formula is C13H24O6S2. The summed E-state index contributed by atoms with van der Waals surface area (Å²) in [7, 11) is -8.37. The molecule has 0 rings (SSSR count). The van der Waals surface area contributed by atoms with Crippen molar-refractivity contribution < 1.29 is 26.4 Å². The Morgan fingerprint density at radius 3 is 1.48 bits per heavy atom. The lowest BCUT2D eigenvalue weighted by molar-refractivity contribution is -0.135. The van der Waals surface area contributed by atoms with Gasteiger partial charge in [0.2, 0.25) is 16.1 Å². The van der Waals surface area contributed by atoms with Crippen LogP contribution in [0.1, 0.15) is 52.9 Å². The molecule has 0 aliphatic heterocycles.